The fraction of sp³-hybridized carbons (Fsp3) is 1.00. The van der Waals surface area contributed by atoms with Gasteiger partial charge in [0.2, 0.25) is 0 Å². The van der Waals surface area contributed by atoms with E-state index >= 15 is 0 Å². The summed E-state index contributed by atoms with van der Waals surface area (Å²) in [6, 6.07) is 1.58. The van der Waals surface area contributed by atoms with Crippen LogP contribution in [0.1, 0.15) is 39.5 Å². The van der Waals surface area contributed by atoms with E-state index in [2.05, 4.69) is 35.8 Å². The van der Waals surface area contributed by atoms with Gasteiger partial charge in [-0.15, -0.1) is 0 Å². The lowest BCUT2D eigenvalue weighted by atomic mass is 10.0. The Labute approximate surface area is 105 Å². The van der Waals surface area contributed by atoms with Crippen molar-refractivity contribution < 1.29 is 0 Å². The SMILES string of the molecule is CCCN1CCC(NC2CCSC2C)CC1. The van der Waals surface area contributed by atoms with Crippen LogP contribution in [-0.4, -0.2) is 47.6 Å². The summed E-state index contributed by atoms with van der Waals surface area (Å²) in [5.41, 5.74) is 0. The molecule has 0 aromatic heterocycles. The summed E-state index contributed by atoms with van der Waals surface area (Å²) < 4.78 is 0. The van der Waals surface area contributed by atoms with Crippen LogP contribution in [-0.2, 0) is 0 Å². The Hall–Kier alpha value is 0.270. The van der Waals surface area contributed by atoms with Gasteiger partial charge in [0.1, 0.15) is 0 Å². The molecule has 2 aliphatic rings. The minimum Gasteiger partial charge on any atom is -0.310 e. The minimum absolute atomic E-state index is 0.785. The summed E-state index contributed by atoms with van der Waals surface area (Å²) in [6.07, 6.45) is 5.39. The normalized spacial score (nSPS) is 33.4. The third-order valence-electron chi connectivity index (χ3n) is 3.95. The van der Waals surface area contributed by atoms with Crippen LogP contribution in [0.3, 0.4) is 0 Å². The number of nitrogens with one attached hydrogen (secondary N) is 1. The van der Waals surface area contributed by atoms with Gasteiger partial charge in [-0.05, 0) is 51.1 Å². The third-order valence-corrected chi connectivity index (χ3v) is 5.28. The van der Waals surface area contributed by atoms with Gasteiger partial charge in [-0.3, -0.25) is 0 Å². The highest BCUT2D eigenvalue weighted by molar-refractivity contribution is 8.00. The van der Waals surface area contributed by atoms with Crippen molar-refractivity contribution in [3.8, 4) is 0 Å². The van der Waals surface area contributed by atoms with Crippen LogP contribution in [0.15, 0.2) is 0 Å². The molecule has 0 saturated carbocycles. The van der Waals surface area contributed by atoms with Crippen LogP contribution in [0, 0.1) is 0 Å². The average molecular weight is 242 g/mol. The van der Waals surface area contributed by atoms with E-state index < -0.39 is 0 Å². The van der Waals surface area contributed by atoms with Crippen molar-refractivity contribution in [1.29, 1.82) is 0 Å². The number of likely N-dealkylation sites (tertiary alicyclic amines) is 1. The van der Waals surface area contributed by atoms with Crippen LogP contribution < -0.4 is 5.32 Å². The highest BCUT2D eigenvalue weighted by Crippen LogP contribution is 2.27. The predicted molar refractivity (Wildman–Crippen MR) is 73.2 cm³/mol. The molecular weight excluding hydrogens is 216 g/mol. The molecule has 2 rings (SSSR count). The van der Waals surface area contributed by atoms with E-state index in [-0.39, 0.29) is 0 Å². The van der Waals surface area contributed by atoms with Gasteiger partial charge < -0.3 is 10.2 Å². The molecule has 0 bridgehead atoms. The molecule has 2 aliphatic heterocycles. The molecule has 2 saturated heterocycles. The lowest BCUT2D eigenvalue weighted by molar-refractivity contribution is 0.191. The van der Waals surface area contributed by atoms with Crippen LogP contribution >= 0.6 is 11.8 Å². The Balaban J connectivity index is 1.68. The third kappa shape index (κ3) is 3.38. The first kappa shape index (κ1) is 12.7. The second-order valence-corrected chi connectivity index (χ2v) is 6.74. The minimum atomic E-state index is 0.785. The maximum atomic E-state index is 3.88. The van der Waals surface area contributed by atoms with Crippen LogP contribution in [0.5, 0.6) is 0 Å². The summed E-state index contributed by atoms with van der Waals surface area (Å²) in [5, 5.41) is 4.71. The summed E-state index contributed by atoms with van der Waals surface area (Å²) in [7, 11) is 0. The second-order valence-electron chi connectivity index (χ2n) is 5.25. The lowest BCUT2D eigenvalue weighted by Crippen LogP contribution is -2.47. The Bertz CT molecular complexity index is 202. The van der Waals surface area contributed by atoms with Gasteiger partial charge >= 0.3 is 0 Å². The van der Waals surface area contributed by atoms with E-state index in [9.17, 15) is 0 Å². The van der Waals surface area contributed by atoms with Crippen molar-refractivity contribution >= 4 is 11.8 Å². The summed E-state index contributed by atoms with van der Waals surface area (Å²) in [5.74, 6) is 1.35. The summed E-state index contributed by atoms with van der Waals surface area (Å²) in [6.45, 7) is 8.56. The molecule has 16 heavy (non-hydrogen) atoms. The van der Waals surface area contributed by atoms with Crippen molar-refractivity contribution in [3.05, 3.63) is 0 Å². The quantitative estimate of drug-likeness (QED) is 0.814. The fourth-order valence-electron chi connectivity index (χ4n) is 2.89. The van der Waals surface area contributed by atoms with Crippen LogP contribution in [0.4, 0.5) is 0 Å². The fourth-order valence-corrected chi connectivity index (χ4v) is 4.10. The zero-order valence-electron chi connectivity index (χ0n) is 10.7. The number of piperidine rings is 1. The average Bonchev–Trinajstić information content (AvgIpc) is 2.68. The molecule has 0 radical (unpaired) electrons. The standard InChI is InChI=1S/C13H26N2S/c1-3-7-15-8-4-12(5-9-15)14-13-6-10-16-11(13)2/h11-14H,3-10H2,1-2H3. The van der Waals surface area contributed by atoms with Crippen molar-refractivity contribution in [2.75, 3.05) is 25.4 Å². The Morgan fingerprint density at radius 3 is 2.56 bits per heavy atom. The molecule has 2 atom stereocenters. The molecule has 2 unspecified atom stereocenters. The Kier molecular flexibility index (Phi) is 4.98. The highest BCUT2D eigenvalue weighted by Gasteiger charge is 2.27. The topological polar surface area (TPSA) is 15.3 Å². The molecule has 1 N–H and O–H groups in total. The largest absolute Gasteiger partial charge is 0.310 e. The molecule has 3 heteroatoms. The van der Waals surface area contributed by atoms with Gasteiger partial charge in [-0.1, -0.05) is 13.8 Å². The first-order chi connectivity index (χ1) is 7.79. The van der Waals surface area contributed by atoms with E-state index in [0.717, 1.165) is 17.3 Å². The number of rotatable bonds is 4. The van der Waals surface area contributed by atoms with Gasteiger partial charge in [-0.25, -0.2) is 0 Å². The van der Waals surface area contributed by atoms with Crippen molar-refractivity contribution in [1.82, 2.24) is 10.2 Å². The molecule has 0 amide bonds. The number of hydrogen-bond acceptors (Lipinski definition) is 3. The Morgan fingerprint density at radius 2 is 2.00 bits per heavy atom. The number of hydrogen-bond donors (Lipinski definition) is 1. The molecular formula is C13H26N2S. The summed E-state index contributed by atoms with van der Waals surface area (Å²) >= 11 is 2.13. The number of nitrogens with zero attached hydrogens (tertiary/aromatic N) is 1. The maximum absolute atomic E-state index is 3.88. The highest BCUT2D eigenvalue weighted by atomic mass is 32.2. The van der Waals surface area contributed by atoms with Crippen molar-refractivity contribution in [3.63, 3.8) is 0 Å². The first-order valence-electron chi connectivity index (χ1n) is 6.89. The van der Waals surface area contributed by atoms with Gasteiger partial charge in [0.25, 0.3) is 0 Å². The lowest BCUT2D eigenvalue weighted by Gasteiger charge is -2.34. The van der Waals surface area contributed by atoms with Crippen molar-refractivity contribution in [2.24, 2.45) is 0 Å². The van der Waals surface area contributed by atoms with E-state index in [1.165, 1.54) is 51.1 Å². The van der Waals surface area contributed by atoms with Crippen LogP contribution in [0.25, 0.3) is 0 Å². The van der Waals surface area contributed by atoms with E-state index in [4.69, 9.17) is 0 Å². The second kappa shape index (κ2) is 6.27. The number of thioether (sulfide) groups is 1. The molecule has 2 heterocycles. The van der Waals surface area contributed by atoms with Gasteiger partial charge in [0, 0.05) is 17.3 Å². The maximum Gasteiger partial charge on any atom is 0.0194 e. The first-order valence-corrected chi connectivity index (χ1v) is 7.94. The molecule has 0 aromatic carbocycles. The molecule has 0 aromatic rings. The molecule has 0 spiro atoms. The Morgan fingerprint density at radius 1 is 1.25 bits per heavy atom. The zero-order valence-corrected chi connectivity index (χ0v) is 11.6. The van der Waals surface area contributed by atoms with Gasteiger partial charge in [-0.2, -0.15) is 11.8 Å². The van der Waals surface area contributed by atoms with E-state index in [1.54, 1.807) is 0 Å². The molecule has 2 nitrogen and oxygen atoms in total. The monoisotopic (exact) mass is 242 g/mol. The molecule has 2 fully saturated rings. The molecule has 94 valence electrons. The predicted octanol–water partition coefficient (Wildman–Crippen LogP) is 2.34. The zero-order chi connectivity index (χ0) is 11.4. The van der Waals surface area contributed by atoms with Crippen molar-refractivity contribution in [2.45, 2.75) is 56.9 Å². The van der Waals surface area contributed by atoms with Gasteiger partial charge in [0.05, 0.1) is 0 Å². The summed E-state index contributed by atoms with van der Waals surface area (Å²) in [4.78, 5) is 2.62. The van der Waals surface area contributed by atoms with Crippen LogP contribution in [0.2, 0.25) is 0 Å². The smallest absolute Gasteiger partial charge is 0.0194 e. The van der Waals surface area contributed by atoms with E-state index in [1.807, 2.05) is 0 Å². The van der Waals surface area contributed by atoms with E-state index in [0.29, 0.717) is 0 Å². The molecule has 0 aliphatic carbocycles. The van der Waals surface area contributed by atoms with Gasteiger partial charge in [0.15, 0.2) is 0 Å².